The number of methoxy groups -OCH3 is 1. The normalized spacial score (nSPS) is 10.8. The van der Waals surface area contributed by atoms with Gasteiger partial charge in [0, 0.05) is 26.1 Å². The van der Waals surface area contributed by atoms with Crippen molar-refractivity contribution in [1.82, 2.24) is 20.1 Å². The second kappa shape index (κ2) is 5.01. The summed E-state index contributed by atoms with van der Waals surface area (Å²) in [5, 5.41) is 7.34. The summed E-state index contributed by atoms with van der Waals surface area (Å²) >= 11 is 0. The number of hydrogen-bond acceptors (Lipinski definition) is 5. The number of likely N-dealkylation sites (N-methyl/N-ethyl adjacent to an activating group) is 1. The van der Waals surface area contributed by atoms with Gasteiger partial charge in [-0.2, -0.15) is 5.10 Å². The van der Waals surface area contributed by atoms with Crippen molar-refractivity contribution in [1.29, 1.82) is 0 Å². The van der Waals surface area contributed by atoms with Gasteiger partial charge in [0.1, 0.15) is 5.69 Å². The SMILES string of the molecule is CNCCc1ncc(-c2cc(OC)n(C)n2)o1. The molecule has 2 heterocycles. The number of ether oxygens (including phenoxy) is 1. The van der Waals surface area contributed by atoms with Crippen molar-refractivity contribution in [2.24, 2.45) is 7.05 Å². The van der Waals surface area contributed by atoms with Crippen molar-refractivity contribution in [3.63, 3.8) is 0 Å². The maximum Gasteiger partial charge on any atom is 0.211 e. The van der Waals surface area contributed by atoms with E-state index in [0.29, 0.717) is 17.5 Å². The predicted molar refractivity (Wildman–Crippen MR) is 62.9 cm³/mol. The minimum Gasteiger partial charge on any atom is -0.481 e. The van der Waals surface area contributed by atoms with Crippen LogP contribution < -0.4 is 10.1 Å². The van der Waals surface area contributed by atoms with Crippen molar-refractivity contribution in [3.05, 3.63) is 18.2 Å². The molecule has 17 heavy (non-hydrogen) atoms. The Hall–Kier alpha value is -1.82. The molecular formula is C11H16N4O2. The van der Waals surface area contributed by atoms with E-state index in [-0.39, 0.29) is 0 Å². The molecule has 2 rings (SSSR count). The molecule has 0 aliphatic heterocycles. The molecule has 0 saturated heterocycles. The van der Waals surface area contributed by atoms with Crippen LogP contribution in [0.4, 0.5) is 0 Å². The van der Waals surface area contributed by atoms with Crippen LogP contribution in [-0.2, 0) is 13.5 Å². The number of oxazole rings is 1. The van der Waals surface area contributed by atoms with Gasteiger partial charge in [-0.25, -0.2) is 9.67 Å². The second-order valence-electron chi connectivity index (χ2n) is 3.67. The number of nitrogens with one attached hydrogen (secondary N) is 1. The van der Waals surface area contributed by atoms with Gasteiger partial charge in [0.05, 0.1) is 13.3 Å². The molecule has 2 aromatic rings. The highest BCUT2D eigenvalue weighted by atomic mass is 16.5. The fourth-order valence-corrected chi connectivity index (χ4v) is 1.54. The third-order valence-corrected chi connectivity index (χ3v) is 2.44. The third kappa shape index (κ3) is 2.47. The second-order valence-corrected chi connectivity index (χ2v) is 3.67. The summed E-state index contributed by atoms with van der Waals surface area (Å²) < 4.78 is 12.4. The highest BCUT2D eigenvalue weighted by Gasteiger charge is 2.12. The van der Waals surface area contributed by atoms with Crippen LogP contribution in [0, 0.1) is 0 Å². The first-order chi connectivity index (χ1) is 8.24. The molecule has 2 aromatic heterocycles. The van der Waals surface area contributed by atoms with Gasteiger partial charge in [0.25, 0.3) is 0 Å². The summed E-state index contributed by atoms with van der Waals surface area (Å²) in [5.74, 6) is 2.06. The van der Waals surface area contributed by atoms with Gasteiger partial charge in [-0.3, -0.25) is 0 Å². The molecule has 0 radical (unpaired) electrons. The van der Waals surface area contributed by atoms with E-state index in [4.69, 9.17) is 9.15 Å². The zero-order valence-corrected chi connectivity index (χ0v) is 10.2. The lowest BCUT2D eigenvalue weighted by atomic mass is 10.4. The van der Waals surface area contributed by atoms with E-state index >= 15 is 0 Å². The minimum absolute atomic E-state index is 0.662. The van der Waals surface area contributed by atoms with Gasteiger partial charge in [0.15, 0.2) is 11.7 Å². The smallest absolute Gasteiger partial charge is 0.211 e. The average molecular weight is 236 g/mol. The van der Waals surface area contributed by atoms with Crippen LogP contribution >= 0.6 is 0 Å². The Morgan fingerprint density at radius 1 is 1.53 bits per heavy atom. The summed E-state index contributed by atoms with van der Waals surface area (Å²) in [4.78, 5) is 4.20. The van der Waals surface area contributed by atoms with Crippen LogP contribution in [0.15, 0.2) is 16.7 Å². The van der Waals surface area contributed by atoms with Gasteiger partial charge in [-0.05, 0) is 7.05 Å². The molecule has 0 amide bonds. The van der Waals surface area contributed by atoms with Crippen LogP contribution in [0.5, 0.6) is 5.88 Å². The number of aryl methyl sites for hydroxylation is 1. The standard InChI is InChI=1S/C11H16N4O2/c1-12-5-4-10-13-7-9(17-10)8-6-11(16-3)15(2)14-8/h6-7,12H,4-5H2,1-3H3. The monoisotopic (exact) mass is 236 g/mol. The molecule has 0 saturated carbocycles. The Balaban J connectivity index is 2.18. The molecule has 0 aromatic carbocycles. The van der Waals surface area contributed by atoms with Crippen LogP contribution in [0.25, 0.3) is 11.5 Å². The molecule has 0 aliphatic rings. The minimum atomic E-state index is 0.662. The van der Waals surface area contributed by atoms with Gasteiger partial charge in [-0.1, -0.05) is 0 Å². The molecule has 0 unspecified atom stereocenters. The Morgan fingerprint density at radius 3 is 3.00 bits per heavy atom. The Bertz CT molecular complexity index is 489. The average Bonchev–Trinajstić information content (AvgIpc) is 2.92. The van der Waals surface area contributed by atoms with Gasteiger partial charge < -0.3 is 14.5 Å². The molecule has 6 heteroatoms. The lowest BCUT2D eigenvalue weighted by Crippen LogP contribution is -2.10. The first-order valence-corrected chi connectivity index (χ1v) is 5.42. The summed E-state index contributed by atoms with van der Waals surface area (Å²) in [6, 6.07) is 1.82. The van der Waals surface area contributed by atoms with Gasteiger partial charge in [0.2, 0.25) is 5.88 Å². The molecule has 92 valence electrons. The zero-order chi connectivity index (χ0) is 12.3. The molecular weight excluding hydrogens is 220 g/mol. The number of aromatic nitrogens is 3. The number of hydrogen-bond donors (Lipinski definition) is 1. The summed E-state index contributed by atoms with van der Waals surface area (Å²) in [6.45, 7) is 0.839. The quantitative estimate of drug-likeness (QED) is 0.833. The summed E-state index contributed by atoms with van der Waals surface area (Å²) in [7, 11) is 5.33. The van der Waals surface area contributed by atoms with Crippen molar-refractivity contribution >= 4 is 0 Å². The predicted octanol–water partition coefficient (Wildman–Crippen LogP) is 0.846. The fourth-order valence-electron chi connectivity index (χ4n) is 1.54. The number of nitrogens with zero attached hydrogens (tertiary/aromatic N) is 3. The maximum absolute atomic E-state index is 5.60. The van der Waals surface area contributed by atoms with Crippen molar-refractivity contribution in [3.8, 4) is 17.3 Å². The fraction of sp³-hybridized carbons (Fsp3) is 0.455. The maximum atomic E-state index is 5.60. The first kappa shape index (κ1) is 11.7. The lowest BCUT2D eigenvalue weighted by molar-refractivity contribution is 0.373. The highest BCUT2D eigenvalue weighted by molar-refractivity contribution is 5.52. The number of rotatable bonds is 5. The van der Waals surface area contributed by atoms with E-state index < -0.39 is 0 Å². The lowest BCUT2D eigenvalue weighted by Gasteiger charge is -1.95. The van der Waals surface area contributed by atoms with Gasteiger partial charge >= 0.3 is 0 Å². The Morgan fingerprint density at radius 2 is 2.35 bits per heavy atom. The van der Waals surface area contributed by atoms with Crippen molar-refractivity contribution < 1.29 is 9.15 Å². The first-order valence-electron chi connectivity index (χ1n) is 5.42. The van der Waals surface area contributed by atoms with E-state index in [2.05, 4.69) is 15.4 Å². The van der Waals surface area contributed by atoms with Crippen LogP contribution in [0.3, 0.4) is 0 Å². The third-order valence-electron chi connectivity index (χ3n) is 2.44. The van der Waals surface area contributed by atoms with Crippen molar-refractivity contribution in [2.45, 2.75) is 6.42 Å². The van der Waals surface area contributed by atoms with E-state index in [1.807, 2.05) is 20.2 Å². The van der Waals surface area contributed by atoms with Crippen LogP contribution in [0.2, 0.25) is 0 Å². The zero-order valence-electron chi connectivity index (χ0n) is 10.2. The largest absolute Gasteiger partial charge is 0.481 e. The molecule has 0 fully saturated rings. The van der Waals surface area contributed by atoms with E-state index in [1.165, 1.54) is 0 Å². The van der Waals surface area contributed by atoms with Gasteiger partial charge in [-0.15, -0.1) is 0 Å². The topological polar surface area (TPSA) is 65.1 Å². The van der Waals surface area contributed by atoms with Crippen LogP contribution in [0.1, 0.15) is 5.89 Å². The Kier molecular flexibility index (Phi) is 3.43. The summed E-state index contributed by atoms with van der Waals surface area (Å²) in [6.07, 6.45) is 2.45. The molecule has 0 spiro atoms. The highest BCUT2D eigenvalue weighted by Crippen LogP contribution is 2.23. The summed E-state index contributed by atoms with van der Waals surface area (Å²) in [5.41, 5.74) is 0.729. The van der Waals surface area contributed by atoms with Crippen molar-refractivity contribution in [2.75, 3.05) is 20.7 Å². The molecule has 1 N–H and O–H groups in total. The van der Waals surface area contributed by atoms with E-state index in [0.717, 1.165) is 18.7 Å². The molecule has 0 bridgehead atoms. The van der Waals surface area contributed by atoms with E-state index in [9.17, 15) is 0 Å². The molecule has 0 aliphatic carbocycles. The van der Waals surface area contributed by atoms with E-state index in [1.54, 1.807) is 18.0 Å². The Labute approximate surface area is 99.6 Å². The molecule has 6 nitrogen and oxygen atoms in total. The molecule has 0 atom stereocenters. The van der Waals surface area contributed by atoms with Crippen LogP contribution in [-0.4, -0.2) is 35.5 Å².